The number of hydrogen-bond acceptors (Lipinski definition) is 6. The molecule has 2 saturated heterocycles. The summed E-state index contributed by atoms with van der Waals surface area (Å²) in [6.07, 6.45) is 13.2. The zero-order valence-electron chi connectivity index (χ0n) is 19.7. The molecule has 4 aliphatic rings. The number of allylic oxidation sites excluding steroid dienone is 1. The molecule has 8 heteroatoms. The molecule has 1 N–H and O–H groups in total. The summed E-state index contributed by atoms with van der Waals surface area (Å²) in [7, 11) is 0. The molecule has 4 aliphatic heterocycles. The highest BCUT2D eigenvalue weighted by atomic mass is 32.2. The van der Waals surface area contributed by atoms with Gasteiger partial charge in [-0.25, -0.2) is 0 Å². The number of rotatable bonds is 7. The van der Waals surface area contributed by atoms with Crippen LogP contribution < -0.4 is 0 Å². The third-order valence-corrected chi connectivity index (χ3v) is 9.22. The van der Waals surface area contributed by atoms with Crippen molar-refractivity contribution in [2.45, 2.75) is 67.9 Å². The van der Waals surface area contributed by atoms with E-state index in [4.69, 9.17) is 4.74 Å². The summed E-state index contributed by atoms with van der Waals surface area (Å²) in [5.74, 6) is -1.89. The quantitative estimate of drug-likeness (QED) is 0.345. The van der Waals surface area contributed by atoms with Crippen molar-refractivity contribution in [1.82, 2.24) is 9.80 Å². The molecule has 0 saturated carbocycles. The molecule has 0 aliphatic carbocycles. The summed E-state index contributed by atoms with van der Waals surface area (Å²) in [6, 6.07) is -0.680. The number of nitrogens with zero attached hydrogens (tertiary/aromatic N) is 2. The van der Waals surface area contributed by atoms with Gasteiger partial charge in [0.1, 0.15) is 6.04 Å². The molecule has 4 heterocycles. The number of amides is 2. The molecule has 5 atom stereocenters. The summed E-state index contributed by atoms with van der Waals surface area (Å²) in [5.41, 5.74) is 0. The van der Waals surface area contributed by atoms with E-state index >= 15 is 0 Å². The minimum absolute atomic E-state index is 0.0511. The maximum Gasteiger partial charge on any atom is 0.311 e. The molecular formula is C25H36N2O5S. The Kier molecular flexibility index (Phi) is 7.24. The average molecular weight is 477 g/mol. The van der Waals surface area contributed by atoms with Crippen LogP contribution in [-0.4, -0.2) is 81.1 Å². The minimum atomic E-state index is -0.828. The molecule has 2 amide bonds. The zero-order chi connectivity index (χ0) is 23.6. The first-order chi connectivity index (χ1) is 15.9. The van der Waals surface area contributed by atoms with Crippen molar-refractivity contribution in [3.8, 4) is 0 Å². The Balaban J connectivity index is 1.78. The molecule has 0 aromatic heterocycles. The van der Waals surface area contributed by atoms with Crippen LogP contribution in [0.4, 0.5) is 0 Å². The maximum absolute atomic E-state index is 13.9. The number of unbranched alkanes of at least 4 members (excludes halogenated alkanes) is 2. The minimum Gasteiger partial charge on any atom is -0.465 e. The fourth-order valence-corrected chi connectivity index (χ4v) is 8.07. The number of aliphatic hydroxyl groups is 1. The smallest absolute Gasteiger partial charge is 0.311 e. The van der Waals surface area contributed by atoms with Gasteiger partial charge in [-0.05, 0) is 32.6 Å². The number of esters is 1. The second-order valence-corrected chi connectivity index (χ2v) is 11.5. The lowest BCUT2D eigenvalue weighted by Crippen LogP contribution is -2.53. The lowest BCUT2D eigenvalue weighted by molar-refractivity contribution is -0.154. The highest BCUT2D eigenvalue weighted by Gasteiger charge is 2.73. The SMILES string of the molecule is CCCCCN1CC=C[C@]23S[C@@]4(C)/C=C\CCCOC(=O)[C@H]4[C@H]2C(=O)N(CCCO)C3C1=O. The maximum atomic E-state index is 13.9. The van der Waals surface area contributed by atoms with Crippen molar-refractivity contribution in [2.75, 3.05) is 32.8 Å². The summed E-state index contributed by atoms with van der Waals surface area (Å²) in [5, 5.41) is 9.46. The third kappa shape index (κ3) is 4.14. The Morgan fingerprint density at radius 3 is 2.67 bits per heavy atom. The lowest BCUT2D eigenvalue weighted by Gasteiger charge is -2.36. The van der Waals surface area contributed by atoms with E-state index in [-0.39, 0.29) is 24.4 Å². The Morgan fingerprint density at radius 2 is 1.91 bits per heavy atom. The first-order valence-corrected chi connectivity index (χ1v) is 13.1. The van der Waals surface area contributed by atoms with Crippen molar-refractivity contribution in [3.63, 3.8) is 0 Å². The van der Waals surface area contributed by atoms with E-state index in [9.17, 15) is 19.5 Å². The first kappa shape index (κ1) is 24.3. The van der Waals surface area contributed by atoms with E-state index in [0.717, 1.165) is 32.1 Å². The van der Waals surface area contributed by atoms with Crippen LogP contribution in [0.1, 0.15) is 52.4 Å². The summed E-state index contributed by atoms with van der Waals surface area (Å²) >= 11 is 1.58. The monoisotopic (exact) mass is 476 g/mol. The van der Waals surface area contributed by atoms with Crippen LogP contribution in [0.2, 0.25) is 0 Å². The van der Waals surface area contributed by atoms with Gasteiger partial charge in [0.05, 0.1) is 23.2 Å². The molecule has 182 valence electrons. The van der Waals surface area contributed by atoms with E-state index in [1.54, 1.807) is 16.7 Å². The number of thioether (sulfide) groups is 1. The average Bonchev–Trinajstić information content (AvgIpc) is 3.13. The molecule has 0 aromatic rings. The lowest BCUT2D eigenvalue weighted by atomic mass is 9.74. The number of aliphatic hydroxyl groups excluding tert-OH is 1. The number of likely N-dealkylation sites (tertiary alicyclic amines) is 1. The Bertz CT molecular complexity index is 845. The van der Waals surface area contributed by atoms with Gasteiger partial charge in [-0.15, -0.1) is 11.8 Å². The normalized spacial score (nSPS) is 36.9. The van der Waals surface area contributed by atoms with Gasteiger partial charge in [-0.3, -0.25) is 14.4 Å². The van der Waals surface area contributed by atoms with Gasteiger partial charge in [0.15, 0.2) is 0 Å². The van der Waals surface area contributed by atoms with E-state index in [1.807, 2.05) is 24.0 Å². The molecule has 0 radical (unpaired) electrons. The van der Waals surface area contributed by atoms with E-state index in [2.05, 4.69) is 19.1 Å². The van der Waals surface area contributed by atoms with E-state index in [1.165, 1.54) is 0 Å². The molecule has 2 fully saturated rings. The van der Waals surface area contributed by atoms with Crippen LogP contribution >= 0.6 is 11.8 Å². The molecule has 33 heavy (non-hydrogen) atoms. The standard InChI is InChI=1S/C25H36N2O5S/c1-3-4-7-13-26-14-9-12-25-18(21(29)27(15-10-16-28)20(25)22(26)30)19-23(31)32-17-8-5-6-11-24(19,2)33-25/h6,9,11-12,18-20,28H,3-5,7-8,10,13-17H2,1-2H3/b11-6-/t18-,19+,20?,24-,25-/m0/s1. The second-order valence-electron chi connectivity index (χ2n) is 9.71. The van der Waals surface area contributed by atoms with Crippen LogP contribution in [-0.2, 0) is 19.1 Å². The van der Waals surface area contributed by atoms with Crippen LogP contribution in [0.3, 0.4) is 0 Å². The number of carbonyl (C=O) groups is 3. The van der Waals surface area contributed by atoms with Crippen LogP contribution in [0.5, 0.6) is 0 Å². The fourth-order valence-electron chi connectivity index (χ4n) is 5.92. The van der Waals surface area contributed by atoms with Crippen molar-refractivity contribution in [2.24, 2.45) is 11.8 Å². The Hall–Kier alpha value is -1.80. The summed E-state index contributed by atoms with van der Waals surface area (Å²) in [6.45, 7) is 5.89. The number of fused-ring (bicyclic) bond motifs is 2. The zero-order valence-corrected chi connectivity index (χ0v) is 20.5. The van der Waals surface area contributed by atoms with Crippen molar-refractivity contribution in [3.05, 3.63) is 24.3 Å². The van der Waals surface area contributed by atoms with Crippen molar-refractivity contribution >= 4 is 29.5 Å². The largest absolute Gasteiger partial charge is 0.465 e. The number of hydrogen-bond donors (Lipinski definition) is 1. The van der Waals surface area contributed by atoms with E-state index < -0.39 is 27.4 Å². The van der Waals surface area contributed by atoms with Crippen molar-refractivity contribution < 1.29 is 24.2 Å². The molecule has 7 nitrogen and oxygen atoms in total. The van der Waals surface area contributed by atoms with Gasteiger partial charge in [0, 0.05) is 31.0 Å². The summed E-state index contributed by atoms with van der Waals surface area (Å²) < 4.78 is 4.15. The van der Waals surface area contributed by atoms with E-state index in [0.29, 0.717) is 32.7 Å². The highest BCUT2D eigenvalue weighted by Crippen LogP contribution is 2.65. The predicted octanol–water partition coefficient (Wildman–Crippen LogP) is 2.54. The van der Waals surface area contributed by atoms with Crippen LogP contribution in [0.25, 0.3) is 0 Å². The molecule has 0 bridgehead atoms. The second kappa shape index (κ2) is 9.82. The van der Waals surface area contributed by atoms with Crippen LogP contribution in [0, 0.1) is 11.8 Å². The van der Waals surface area contributed by atoms with Gasteiger partial charge in [0.2, 0.25) is 11.8 Å². The molecule has 1 spiro atoms. The molecule has 4 rings (SSSR count). The highest BCUT2D eigenvalue weighted by molar-refractivity contribution is 8.02. The first-order valence-electron chi connectivity index (χ1n) is 12.3. The third-order valence-electron chi connectivity index (χ3n) is 7.42. The van der Waals surface area contributed by atoms with Crippen molar-refractivity contribution in [1.29, 1.82) is 0 Å². The van der Waals surface area contributed by atoms with Gasteiger partial charge in [-0.2, -0.15) is 0 Å². The Morgan fingerprint density at radius 1 is 1.09 bits per heavy atom. The fraction of sp³-hybridized carbons (Fsp3) is 0.720. The number of cyclic esters (lactones) is 1. The van der Waals surface area contributed by atoms with Gasteiger partial charge < -0.3 is 19.6 Å². The number of ether oxygens (including phenoxy) is 1. The van der Waals surface area contributed by atoms with Gasteiger partial charge >= 0.3 is 5.97 Å². The molecule has 1 unspecified atom stereocenters. The van der Waals surface area contributed by atoms with Gasteiger partial charge in [-0.1, -0.05) is 44.1 Å². The topological polar surface area (TPSA) is 87.2 Å². The molecule has 0 aromatic carbocycles. The van der Waals surface area contributed by atoms with Gasteiger partial charge in [0.25, 0.3) is 0 Å². The van der Waals surface area contributed by atoms with Crippen LogP contribution in [0.15, 0.2) is 24.3 Å². The Labute approximate surface area is 200 Å². The number of carbonyl (C=O) groups excluding carboxylic acids is 3. The molecular weight excluding hydrogens is 440 g/mol. The predicted molar refractivity (Wildman–Crippen MR) is 127 cm³/mol. The summed E-state index contributed by atoms with van der Waals surface area (Å²) in [4.78, 5) is 44.6.